The summed E-state index contributed by atoms with van der Waals surface area (Å²) in [5.41, 5.74) is 5.87. The van der Waals surface area contributed by atoms with Gasteiger partial charge in [0.1, 0.15) is 0 Å². The molecule has 0 spiro atoms. The summed E-state index contributed by atoms with van der Waals surface area (Å²) < 4.78 is 5.43. The topological polar surface area (TPSA) is 59.1 Å². The van der Waals surface area contributed by atoms with Gasteiger partial charge in [0.05, 0.1) is 18.9 Å². The normalized spacial score (nSPS) is 16.6. The molecule has 20 heavy (non-hydrogen) atoms. The highest BCUT2D eigenvalue weighted by Crippen LogP contribution is 2.24. The van der Waals surface area contributed by atoms with Crippen LogP contribution in [0.4, 0.5) is 11.6 Å². The first kappa shape index (κ1) is 11.8. The molecule has 2 N–H and O–H groups in total. The molecule has 1 aromatic heterocycles. The van der Waals surface area contributed by atoms with E-state index in [1.165, 1.54) is 16.7 Å². The van der Waals surface area contributed by atoms with Crippen molar-refractivity contribution in [3.05, 3.63) is 46.8 Å². The van der Waals surface area contributed by atoms with Gasteiger partial charge in [-0.15, -0.1) is 0 Å². The summed E-state index contributed by atoms with van der Waals surface area (Å²) in [6, 6.07) is 6.27. The van der Waals surface area contributed by atoms with Gasteiger partial charge in [0.2, 0.25) is 5.95 Å². The van der Waals surface area contributed by atoms with E-state index in [2.05, 4.69) is 38.8 Å². The van der Waals surface area contributed by atoms with Crippen LogP contribution in [0.2, 0.25) is 0 Å². The van der Waals surface area contributed by atoms with E-state index in [9.17, 15) is 0 Å². The van der Waals surface area contributed by atoms with E-state index in [4.69, 9.17) is 4.74 Å². The van der Waals surface area contributed by atoms with Crippen molar-refractivity contribution < 1.29 is 4.74 Å². The smallest absolute Gasteiger partial charge is 0.227 e. The van der Waals surface area contributed by atoms with Crippen molar-refractivity contribution in [1.29, 1.82) is 0 Å². The Kier molecular flexibility index (Phi) is 2.86. The quantitative estimate of drug-likeness (QED) is 0.871. The Morgan fingerprint density at radius 3 is 3.10 bits per heavy atom. The predicted molar refractivity (Wildman–Crippen MR) is 75.7 cm³/mol. The van der Waals surface area contributed by atoms with E-state index in [0.29, 0.717) is 12.6 Å². The van der Waals surface area contributed by atoms with Crippen LogP contribution >= 0.6 is 0 Å². The number of hydrogen-bond acceptors (Lipinski definition) is 5. The zero-order valence-electron chi connectivity index (χ0n) is 11.1. The average Bonchev–Trinajstić information content (AvgIpc) is 2.95. The fourth-order valence-corrected chi connectivity index (χ4v) is 2.67. The zero-order chi connectivity index (χ0) is 13.4. The molecular weight excluding hydrogens is 252 g/mol. The number of hydrogen-bond donors (Lipinski definition) is 2. The van der Waals surface area contributed by atoms with Crippen molar-refractivity contribution in [2.75, 3.05) is 11.9 Å². The van der Waals surface area contributed by atoms with Crippen LogP contribution in [-0.2, 0) is 30.9 Å². The fourth-order valence-electron chi connectivity index (χ4n) is 2.67. The lowest BCUT2D eigenvalue weighted by Gasteiger charge is -2.16. The lowest BCUT2D eigenvalue weighted by Crippen LogP contribution is -2.25. The number of benzene rings is 1. The molecule has 0 radical (unpaired) electrons. The van der Waals surface area contributed by atoms with Gasteiger partial charge in [-0.25, -0.2) is 9.97 Å². The van der Waals surface area contributed by atoms with Crippen LogP contribution in [0.3, 0.4) is 0 Å². The molecule has 0 saturated heterocycles. The molecule has 0 bridgehead atoms. The van der Waals surface area contributed by atoms with Gasteiger partial charge in [0.15, 0.2) is 0 Å². The fraction of sp³-hybridized carbons (Fsp3) is 0.333. The third kappa shape index (κ3) is 2.15. The number of anilines is 2. The molecule has 2 aromatic rings. The summed E-state index contributed by atoms with van der Waals surface area (Å²) in [6.07, 6.45) is 2.94. The number of nitrogens with zero attached hydrogens (tertiary/aromatic N) is 2. The summed E-state index contributed by atoms with van der Waals surface area (Å²) in [5, 5.41) is 6.61. The molecule has 2 aliphatic heterocycles. The van der Waals surface area contributed by atoms with Crippen molar-refractivity contribution in [2.24, 2.45) is 0 Å². The highest BCUT2D eigenvalue weighted by Gasteiger charge is 2.13. The molecular formula is C15H16N4O. The summed E-state index contributed by atoms with van der Waals surface area (Å²) >= 11 is 0. The SMILES string of the molecule is c1cc2c(cc1Nc1ncc3c(n1)CNCC3)COC2. The first-order valence-corrected chi connectivity index (χ1v) is 6.90. The third-order valence-corrected chi connectivity index (χ3v) is 3.80. The van der Waals surface area contributed by atoms with Gasteiger partial charge in [-0.2, -0.15) is 0 Å². The molecule has 4 rings (SSSR count). The van der Waals surface area contributed by atoms with Crippen LogP contribution in [0.15, 0.2) is 24.4 Å². The molecule has 2 aliphatic rings. The summed E-state index contributed by atoms with van der Waals surface area (Å²) in [6.45, 7) is 3.25. The molecule has 0 aliphatic carbocycles. The van der Waals surface area contributed by atoms with Gasteiger partial charge in [-0.1, -0.05) is 6.07 Å². The van der Waals surface area contributed by atoms with Crippen LogP contribution in [0, 0.1) is 0 Å². The highest BCUT2D eigenvalue weighted by molar-refractivity contribution is 5.56. The minimum Gasteiger partial charge on any atom is -0.372 e. The van der Waals surface area contributed by atoms with E-state index >= 15 is 0 Å². The molecule has 1 aromatic carbocycles. The molecule has 5 heteroatoms. The molecule has 3 heterocycles. The van der Waals surface area contributed by atoms with Crippen molar-refractivity contribution in [3.8, 4) is 0 Å². The molecule has 0 fully saturated rings. The average molecular weight is 268 g/mol. The lowest BCUT2D eigenvalue weighted by molar-refractivity contribution is 0.134. The molecule has 0 saturated carbocycles. The van der Waals surface area contributed by atoms with E-state index in [1.807, 2.05) is 6.20 Å². The first-order valence-electron chi connectivity index (χ1n) is 6.90. The first-order chi connectivity index (χ1) is 9.88. The molecule has 0 atom stereocenters. The molecule has 0 unspecified atom stereocenters. The number of rotatable bonds is 2. The predicted octanol–water partition coefficient (Wildman–Crippen LogP) is 1.90. The Bertz CT molecular complexity index is 656. The van der Waals surface area contributed by atoms with Crippen LogP contribution in [0.1, 0.15) is 22.4 Å². The maximum Gasteiger partial charge on any atom is 0.227 e. The Balaban J connectivity index is 1.59. The number of ether oxygens (including phenoxy) is 1. The van der Waals surface area contributed by atoms with Crippen LogP contribution in [0.25, 0.3) is 0 Å². The lowest BCUT2D eigenvalue weighted by atomic mass is 10.1. The maximum absolute atomic E-state index is 5.43. The van der Waals surface area contributed by atoms with Gasteiger partial charge in [0.25, 0.3) is 0 Å². The minimum atomic E-state index is 0.659. The Hall–Kier alpha value is -1.98. The number of nitrogens with one attached hydrogen (secondary N) is 2. The van der Waals surface area contributed by atoms with E-state index < -0.39 is 0 Å². The molecule has 0 amide bonds. The van der Waals surface area contributed by atoms with E-state index in [0.717, 1.165) is 37.5 Å². The number of aromatic nitrogens is 2. The van der Waals surface area contributed by atoms with E-state index in [-0.39, 0.29) is 0 Å². The Labute approximate surface area is 117 Å². The summed E-state index contributed by atoms with van der Waals surface area (Å²) in [7, 11) is 0. The standard InChI is InChI=1S/C15H16N4O/c1-2-13(5-12-9-20-8-11(1)12)18-15-17-6-10-3-4-16-7-14(10)19-15/h1-2,5-6,16H,3-4,7-9H2,(H,17,18,19). The van der Waals surface area contributed by atoms with Crippen LogP contribution < -0.4 is 10.6 Å². The summed E-state index contributed by atoms with van der Waals surface area (Å²) in [5.74, 6) is 0.659. The third-order valence-electron chi connectivity index (χ3n) is 3.80. The van der Waals surface area contributed by atoms with Crippen LogP contribution in [0.5, 0.6) is 0 Å². The van der Waals surface area contributed by atoms with Crippen molar-refractivity contribution >= 4 is 11.6 Å². The zero-order valence-corrected chi connectivity index (χ0v) is 11.1. The van der Waals surface area contributed by atoms with Gasteiger partial charge >= 0.3 is 0 Å². The second-order valence-corrected chi connectivity index (χ2v) is 5.19. The minimum absolute atomic E-state index is 0.659. The Morgan fingerprint density at radius 1 is 1.15 bits per heavy atom. The largest absolute Gasteiger partial charge is 0.372 e. The molecule has 102 valence electrons. The maximum atomic E-state index is 5.43. The highest BCUT2D eigenvalue weighted by atomic mass is 16.5. The van der Waals surface area contributed by atoms with Crippen molar-refractivity contribution in [2.45, 2.75) is 26.2 Å². The summed E-state index contributed by atoms with van der Waals surface area (Å²) in [4.78, 5) is 8.99. The number of fused-ring (bicyclic) bond motifs is 2. The van der Waals surface area contributed by atoms with Crippen molar-refractivity contribution in [3.63, 3.8) is 0 Å². The Morgan fingerprint density at radius 2 is 2.10 bits per heavy atom. The monoisotopic (exact) mass is 268 g/mol. The van der Waals surface area contributed by atoms with Crippen LogP contribution in [-0.4, -0.2) is 16.5 Å². The molecule has 5 nitrogen and oxygen atoms in total. The second-order valence-electron chi connectivity index (χ2n) is 5.19. The second kappa shape index (κ2) is 4.85. The van der Waals surface area contributed by atoms with Gasteiger partial charge < -0.3 is 15.4 Å². The van der Waals surface area contributed by atoms with Gasteiger partial charge in [-0.05, 0) is 41.8 Å². The van der Waals surface area contributed by atoms with Gasteiger partial charge in [-0.3, -0.25) is 0 Å². The van der Waals surface area contributed by atoms with E-state index in [1.54, 1.807) is 0 Å². The van der Waals surface area contributed by atoms with Crippen molar-refractivity contribution in [1.82, 2.24) is 15.3 Å². The van der Waals surface area contributed by atoms with Gasteiger partial charge in [0, 0.05) is 18.4 Å².